The summed E-state index contributed by atoms with van der Waals surface area (Å²) in [5, 5.41) is 11.7. The Balaban J connectivity index is 1.43. The molecule has 1 unspecified atom stereocenters. The number of benzene rings is 2. The lowest BCUT2D eigenvalue weighted by Crippen LogP contribution is -2.41. The zero-order valence-corrected chi connectivity index (χ0v) is 24.2. The number of nitrogen functional groups attached to an aromatic ring is 1. The number of aliphatic carboxylic acids is 1. The first-order chi connectivity index (χ1) is 20.5. The van der Waals surface area contributed by atoms with Crippen LogP contribution in [0.5, 0.6) is 5.88 Å². The second-order valence-corrected chi connectivity index (χ2v) is 11.7. The van der Waals surface area contributed by atoms with Gasteiger partial charge >= 0.3 is 18.3 Å². The van der Waals surface area contributed by atoms with Crippen molar-refractivity contribution in [3.63, 3.8) is 0 Å². The minimum atomic E-state index is -5.01. The van der Waals surface area contributed by atoms with E-state index in [-0.39, 0.29) is 33.3 Å². The number of nitrogens with zero attached hydrogens (tertiary/aromatic N) is 3. The number of hydrogen-bond acceptors (Lipinski definition) is 7. The largest absolute Gasteiger partial charge is 0.480 e. The lowest BCUT2D eigenvalue weighted by atomic mass is 9.76. The van der Waals surface area contributed by atoms with Gasteiger partial charge in [0.15, 0.2) is 0 Å². The molecular formula is C28H25Cl2F6N5O3. The third kappa shape index (κ3) is 6.76. The average Bonchev–Trinajstić information content (AvgIpc) is 3.34. The van der Waals surface area contributed by atoms with Gasteiger partial charge < -0.3 is 25.8 Å². The average molecular weight is 664 g/mol. The van der Waals surface area contributed by atoms with E-state index in [1.807, 2.05) is 4.90 Å². The van der Waals surface area contributed by atoms with Gasteiger partial charge in [-0.05, 0) is 60.1 Å². The first kappa shape index (κ1) is 31.9. The van der Waals surface area contributed by atoms with Gasteiger partial charge in [-0.15, -0.1) is 0 Å². The summed E-state index contributed by atoms with van der Waals surface area (Å²) in [5.41, 5.74) is 3.85. The lowest BCUT2D eigenvalue weighted by Gasteiger charge is -2.39. The van der Waals surface area contributed by atoms with Crippen molar-refractivity contribution in [1.29, 1.82) is 0 Å². The Morgan fingerprint density at radius 2 is 1.77 bits per heavy atom. The molecule has 2 aromatic carbocycles. The summed E-state index contributed by atoms with van der Waals surface area (Å²) in [6, 6.07) is 6.62. The normalized spacial score (nSPS) is 19.3. The standard InChI is InChI=1S/C28H25Cl2F6N5O3/c29-15-2-3-16(17(10-15)14-1-4-18(19(30)9-14)27(31,32)33)23(28(34,35)36)44-22-11-21(39-25(37)40-22)41-7-5-26(6-8-41)12-20(24(42)43)38-13-26/h1-4,9-11,20,23,38H,5-8,12-13H2,(H,42,43)(H2,37,39,40)/t20?,23-/m1/s1. The number of piperidine rings is 1. The van der Waals surface area contributed by atoms with E-state index in [9.17, 15) is 36.2 Å². The van der Waals surface area contributed by atoms with Gasteiger partial charge in [0, 0.05) is 36.3 Å². The van der Waals surface area contributed by atoms with Crippen LogP contribution in [-0.2, 0) is 11.0 Å². The predicted octanol–water partition coefficient (Wildman–Crippen LogP) is 6.77. The van der Waals surface area contributed by atoms with E-state index < -0.39 is 52.5 Å². The van der Waals surface area contributed by atoms with E-state index in [1.54, 1.807) is 0 Å². The van der Waals surface area contributed by atoms with Crippen LogP contribution in [-0.4, -0.2) is 52.9 Å². The first-order valence-corrected chi connectivity index (χ1v) is 14.1. The fraction of sp³-hybridized carbons (Fsp3) is 0.393. The molecule has 2 saturated heterocycles. The number of carbonyl (C=O) groups is 1. The highest BCUT2D eigenvalue weighted by atomic mass is 35.5. The molecule has 5 rings (SSSR count). The molecule has 236 valence electrons. The Morgan fingerprint density at radius 3 is 2.36 bits per heavy atom. The Kier molecular flexibility index (Phi) is 8.55. The van der Waals surface area contributed by atoms with Crippen molar-refractivity contribution in [1.82, 2.24) is 15.3 Å². The molecule has 0 amide bonds. The summed E-state index contributed by atoms with van der Waals surface area (Å²) in [5.74, 6) is -1.50. The Bertz CT molecular complexity index is 1560. The number of carboxylic acid groups (broad SMARTS) is 1. The van der Waals surface area contributed by atoms with Crippen molar-refractivity contribution in [3.05, 3.63) is 63.6 Å². The topological polar surface area (TPSA) is 114 Å². The maximum absolute atomic E-state index is 14.5. The van der Waals surface area contributed by atoms with E-state index in [1.165, 1.54) is 18.2 Å². The highest BCUT2D eigenvalue weighted by Gasteiger charge is 2.46. The molecule has 1 spiro atoms. The van der Waals surface area contributed by atoms with E-state index in [0.29, 0.717) is 45.0 Å². The van der Waals surface area contributed by atoms with Gasteiger partial charge in [-0.3, -0.25) is 4.79 Å². The van der Waals surface area contributed by atoms with Crippen LogP contribution in [0.2, 0.25) is 10.0 Å². The molecule has 0 bridgehead atoms. The molecule has 0 saturated carbocycles. The van der Waals surface area contributed by atoms with E-state index in [0.717, 1.165) is 18.2 Å². The molecule has 1 aromatic heterocycles. The summed E-state index contributed by atoms with van der Waals surface area (Å²) >= 11 is 11.9. The lowest BCUT2D eigenvalue weighted by molar-refractivity contribution is -0.198. The number of carboxylic acids is 1. The number of nitrogens with one attached hydrogen (secondary N) is 1. The number of nitrogens with two attached hydrogens (primary N) is 1. The smallest absolute Gasteiger partial charge is 0.429 e. The van der Waals surface area contributed by atoms with E-state index in [2.05, 4.69) is 15.3 Å². The summed E-state index contributed by atoms with van der Waals surface area (Å²) in [6.45, 7) is 1.43. The minimum Gasteiger partial charge on any atom is -0.480 e. The molecule has 4 N–H and O–H groups in total. The quantitative estimate of drug-likeness (QED) is 0.248. The summed E-state index contributed by atoms with van der Waals surface area (Å²) < 4.78 is 88.8. The number of rotatable bonds is 6. The van der Waals surface area contributed by atoms with Gasteiger partial charge in [0.05, 0.1) is 10.6 Å². The number of halogens is 8. The van der Waals surface area contributed by atoms with Crippen LogP contribution < -0.4 is 20.7 Å². The number of anilines is 2. The van der Waals surface area contributed by atoms with Crippen LogP contribution in [0.3, 0.4) is 0 Å². The highest BCUT2D eigenvalue weighted by Crippen LogP contribution is 2.45. The predicted molar refractivity (Wildman–Crippen MR) is 151 cm³/mol. The number of aromatic nitrogens is 2. The summed E-state index contributed by atoms with van der Waals surface area (Å²) in [4.78, 5) is 21.2. The van der Waals surface area contributed by atoms with Crippen molar-refractivity contribution in [2.24, 2.45) is 5.41 Å². The molecule has 2 atom stereocenters. The minimum absolute atomic E-state index is 0.0317. The second kappa shape index (κ2) is 11.8. The van der Waals surface area contributed by atoms with Crippen LogP contribution in [0.25, 0.3) is 11.1 Å². The molecule has 0 aliphatic carbocycles. The van der Waals surface area contributed by atoms with Crippen molar-refractivity contribution >= 4 is 40.9 Å². The molecule has 2 aliphatic rings. The van der Waals surface area contributed by atoms with Gasteiger partial charge in [0.25, 0.3) is 0 Å². The van der Waals surface area contributed by atoms with Crippen LogP contribution in [0.4, 0.5) is 38.1 Å². The highest BCUT2D eigenvalue weighted by molar-refractivity contribution is 6.32. The van der Waals surface area contributed by atoms with E-state index >= 15 is 0 Å². The Hall–Kier alpha value is -3.49. The Labute approximate surface area is 257 Å². The van der Waals surface area contributed by atoms with Crippen LogP contribution in [0.15, 0.2) is 42.5 Å². The Morgan fingerprint density at radius 1 is 1.07 bits per heavy atom. The van der Waals surface area contributed by atoms with Gasteiger partial charge in [-0.25, -0.2) is 0 Å². The fourth-order valence-corrected chi connectivity index (χ4v) is 6.14. The first-order valence-electron chi connectivity index (χ1n) is 13.3. The maximum atomic E-state index is 14.5. The fourth-order valence-electron chi connectivity index (χ4n) is 5.68. The van der Waals surface area contributed by atoms with Gasteiger partial charge in [0.1, 0.15) is 11.9 Å². The zero-order chi connectivity index (χ0) is 32.0. The molecular weight excluding hydrogens is 639 g/mol. The van der Waals surface area contributed by atoms with Crippen LogP contribution >= 0.6 is 23.2 Å². The number of alkyl halides is 6. The molecule has 0 radical (unpaired) electrons. The van der Waals surface area contributed by atoms with Crippen molar-refractivity contribution in [2.45, 2.75) is 43.8 Å². The molecule has 8 nitrogen and oxygen atoms in total. The van der Waals surface area contributed by atoms with Gasteiger partial charge in [0.2, 0.25) is 17.9 Å². The van der Waals surface area contributed by atoms with Crippen LogP contribution in [0, 0.1) is 5.41 Å². The zero-order valence-electron chi connectivity index (χ0n) is 22.6. The number of ether oxygens (including phenoxy) is 1. The molecule has 16 heteroatoms. The molecule has 3 heterocycles. The van der Waals surface area contributed by atoms with Crippen molar-refractivity contribution in [3.8, 4) is 17.0 Å². The summed E-state index contributed by atoms with van der Waals surface area (Å²) in [7, 11) is 0. The molecule has 44 heavy (non-hydrogen) atoms. The number of hydrogen-bond donors (Lipinski definition) is 3. The third-order valence-electron chi connectivity index (χ3n) is 7.93. The summed E-state index contributed by atoms with van der Waals surface area (Å²) in [6.07, 6.45) is -10.7. The molecule has 2 fully saturated rings. The van der Waals surface area contributed by atoms with Gasteiger partial charge in [-0.2, -0.15) is 36.3 Å². The maximum Gasteiger partial charge on any atom is 0.429 e. The molecule has 3 aromatic rings. The van der Waals surface area contributed by atoms with Crippen molar-refractivity contribution < 1.29 is 41.0 Å². The van der Waals surface area contributed by atoms with Crippen molar-refractivity contribution in [2.75, 3.05) is 30.3 Å². The molecule has 2 aliphatic heterocycles. The van der Waals surface area contributed by atoms with E-state index in [4.69, 9.17) is 33.7 Å². The van der Waals surface area contributed by atoms with Crippen LogP contribution in [0.1, 0.15) is 36.5 Å². The van der Waals surface area contributed by atoms with Gasteiger partial charge in [-0.1, -0.05) is 35.3 Å². The SMILES string of the molecule is Nc1nc(O[C@H](c2ccc(Cl)cc2-c2ccc(C(F)(F)F)c(Cl)c2)C(F)(F)F)cc(N2CCC3(CC2)CNC(C(=O)O)C3)n1. The third-order valence-corrected chi connectivity index (χ3v) is 8.48. The monoisotopic (exact) mass is 663 g/mol. The second-order valence-electron chi connectivity index (χ2n) is 10.8.